The van der Waals surface area contributed by atoms with E-state index in [0.717, 1.165) is 52.1 Å². The molecule has 0 N–H and O–H groups in total. The van der Waals surface area contributed by atoms with Crippen LogP contribution in [-0.4, -0.2) is 52.4 Å². The SMILES string of the molecule is CC(C)(C)[Si](C)(C)O[C@H]1C=C2CC3(CC[C@]2(C)[C@H]2CC[C@@]4(C)[C@@H](CCC45OCCO5)[C@H]12)OCCO3. The lowest BCUT2D eigenvalue weighted by molar-refractivity contribution is -0.247. The molecule has 2 saturated heterocycles. The molecule has 6 rings (SSSR count). The minimum Gasteiger partial charge on any atom is -0.410 e. The van der Waals surface area contributed by atoms with Gasteiger partial charge in [-0.05, 0) is 67.0 Å². The molecular formula is C29H48O5Si. The van der Waals surface area contributed by atoms with Crippen LogP contribution in [0.3, 0.4) is 0 Å². The van der Waals surface area contributed by atoms with E-state index in [1.165, 1.54) is 19.3 Å². The van der Waals surface area contributed by atoms with Crippen molar-refractivity contribution in [3.05, 3.63) is 11.6 Å². The van der Waals surface area contributed by atoms with Gasteiger partial charge < -0.3 is 23.4 Å². The van der Waals surface area contributed by atoms with Crippen molar-refractivity contribution in [2.75, 3.05) is 26.4 Å². The van der Waals surface area contributed by atoms with Gasteiger partial charge in [0.2, 0.25) is 0 Å². The minimum absolute atomic E-state index is 0.0645. The predicted octanol–water partition coefficient (Wildman–Crippen LogP) is 6.44. The molecule has 2 heterocycles. The lowest BCUT2D eigenvalue weighted by Gasteiger charge is -2.61. The summed E-state index contributed by atoms with van der Waals surface area (Å²) >= 11 is 0. The Morgan fingerprint density at radius 2 is 1.49 bits per heavy atom. The molecule has 0 radical (unpaired) electrons. The molecule has 6 heteroatoms. The monoisotopic (exact) mass is 504 g/mol. The van der Waals surface area contributed by atoms with Crippen LogP contribution in [0.5, 0.6) is 0 Å². The standard InChI is InChI=1S/C29H48O5Si/c1-25(2,3)35(6,7)34-23-18-20-19-28(30-14-15-31-28)13-12-26(20,4)21-8-10-27(5)22(24(21)23)9-11-29(27)32-16-17-33-29/h18,21-24H,8-17,19H2,1-7H3/t21-,22-,23-,24+,26-,27-/m0/s1. The summed E-state index contributed by atoms with van der Waals surface area (Å²) in [6.45, 7) is 19.9. The van der Waals surface area contributed by atoms with E-state index in [0.29, 0.717) is 17.8 Å². The van der Waals surface area contributed by atoms with E-state index in [9.17, 15) is 0 Å². The van der Waals surface area contributed by atoms with Gasteiger partial charge in [-0.1, -0.05) is 46.3 Å². The van der Waals surface area contributed by atoms with Gasteiger partial charge in [-0.15, -0.1) is 0 Å². The second kappa shape index (κ2) is 7.89. The van der Waals surface area contributed by atoms with Gasteiger partial charge in [0, 0.05) is 24.7 Å². The van der Waals surface area contributed by atoms with E-state index >= 15 is 0 Å². The Morgan fingerprint density at radius 1 is 0.857 bits per heavy atom. The number of fused-ring (bicyclic) bond motifs is 6. The van der Waals surface area contributed by atoms with Crippen molar-refractivity contribution < 1.29 is 23.4 Å². The van der Waals surface area contributed by atoms with Crippen LogP contribution in [0.2, 0.25) is 18.1 Å². The van der Waals surface area contributed by atoms with Crippen molar-refractivity contribution in [2.24, 2.45) is 28.6 Å². The minimum atomic E-state index is -1.97. The molecule has 0 aromatic heterocycles. The average Bonchev–Trinajstić information content (AvgIpc) is 3.50. The van der Waals surface area contributed by atoms with Crippen LogP contribution in [0.1, 0.15) is 79.6 Å². The van der Waals surface area contributed by atoms with Crippen molar-refractivity contribution in [1.82, 2.24) is 0 Å². The van der Waals surface area contributed by atoms with Gasteiger partial charge in [0.25, 0.3) is 0 Å². The quantitative estimate of drug-likeness (QED) is 0.320. The van der Waals surface area contributed by atoms with Crippen LogP contribution >= 0.6 is 0 Å². The zero-order valence-corrected chi connectivity index (χ0v) is 24.2. The summed E-state index contributed by atoms with van der Waals surface area (Å²) in [6.07, 6.45) is 10.4. The van der Waals surface area contributed by atoms with Crippen LogP contribution in [0.15, 0.2) is 11.6 Å². The fourth-order valence-corrected chi connectivity index (χ4v) is 10.1. The van der Waals surface area contributed by atoms with E-state index in [1.54, 1.807) is 5.57 Å². The smallest absolute Gasteiger partial charge is 0.192 e. The van der Waals surface area contributed by atoms with Crippen molar-refractivity contribution in [1.29, 1.82) is 0 Å². The fourth-order valence-electron chi connectivity index (χ4n) is 8.83. The molecule has 3 saturated carbocycles. The molecule has 0 aromatic carbocycles. The van der Waals surface area contributed by atoms with E-state index in [4.69, 9.17) is 23.4 Å². The van der Waals surface area contributed by atoms with Crippen LogP contribution in [0, 0.1) is 28.6 Å². The first-order valence-corrected chi connectivity index (χ1v) is 17.2. The Balaban J connectivity index is 1.41. The van der Waals surface area contributed by atoms with E-state index in [-0.39, 0.29) is 27.8 Å². The highest BCUT2D eigenvalue weighted by molar-refractivity contribution is 6.74. The van der Waals surface area contributed by atoms with Gasteiger partial charge in [0.05, 0.1) is 32.5 Å². The lowest BCUT2D eigenvalue weighted by Crippen LogP contribution is -2.60. The Morgan fingerprint density at radius 3 is 2.14 bits per heavy atom. The van der Waals surface area contributed by atoms with Crippen molar-refractivity contribution in [3.8, 4) is 0 Å². The maximum Gasteiger partial charge on any atom is 0.192 e. The molecule has 5 nitrogen and oxygen atoms in total. The normalized spacial score (nSPS) is 44.3. The number of hydrogen-bond acceptors (Lipinski definition) is 5. The van der Waals surface area contributed by atoms with Gasteiger partial charge in [-0.2, -0.15) is 0 Å². The second-order valence-corrected chi connectivity index (χ2v) is 19.2. The summed E-state index contributed by atoms with van der Waals surface area (Å²) in [7, 11) is -1.97. The van der Waals surface area contributed by atoms with Crippen molar-refractivity contribution in [2.45, 2.75) is 115 Å². The third kappa shape index (κ3) is 3.49. The number of ether oxygens (including phenoxy) is 4. The second-order valence-electron chi connectivity index (χ2n) is 14.5. The third-order valence-electron chi connectivity index (χ3n) is 12.0. The Bertz CT molecular complexity index is 880. The van der Waals surface area contributed by atoms with Crippen LogP contribution in [0.25, 0.3) is 0 Å². The van der Waals surface area contributed by atoms with Crippen molar-refractivity contribution in [3.63, 3.8) is 0 Å². The molecule has 198 valence electrons. The Kier molecular flexibility index (Phi) is 5.65. The highest BCUT2D eigenvalue weighted by atomic mass is 28.4. The van der Waals surface area contributed by atoms with E-state index in [1.807, 2.05) is 0 Å². The van der Waals surface area contributed by atoms with Gasteiger partial charge in [0.1, 0.15) is 0 Å². The van der Waals surface area contributed by atoms with Gasteiger partial charge in [-0.25, -0.2) is 0 Å². The molecule has 0 aromatic rings. The maximum atomic E-state index is 7.36. The average molecular weight is 505 g/mol. The zero-order valence-electron chi connectivity index (χ0n) is 23.2. The number of hydrogen-bond donors (Lipinski definition) is 0. The molecule has 0 amide bonds. The van der Waals surface area contributed by atoms with Crippen LogP contribution in [0.4, 0.5) is 0 Å². The Labute approximate surface area is 213 Å². The molecule has 5 fully saturated rings. The first kappa shape index (κ1) is 25.1. The Hall–Kier alpha value is -0.243. The molecule has 0 unspecified atom stereocenters. The first-order chi connectivity index (χ1) is 16.4. The third-order valence-corrected chi connectivity index (χ3v) is 16.4. The summed E-state index contributed by atoms with van der Waals surface area (Å²) < 4.78 is 32.7. The van der Waals surface area contributed by atoms with E-state index < -0.39 is 14.1 Å². The lowest BCUT2D eigenvalue weighted by atomic mass is 9.47. The molecule has 4 aliphatic carbocycles. The molecule has 0 bridgehead atoms. The summed E-state index contributed by atoms with van der Waals surface area (Å²) in [5, 5.41) is 0.180. The van der Waals surface area contributed by atoms with Crippen LogP contribution < -0.4 is 0 Å². The zero-order chi connectivity index (χ0) is 24.9. The fraction of sp³-hybridized carbons (Fsp3) is 0.931. The van der Waals surface area contributed by atoms with Crippen molar-refractivity contribution >= 4 is 8.32 Å². The molecule has 6 atom stereocenters. The molecule has 2 spiro atoms. The summed E-state index contributed by atoms with van der Waals surface area (Å²) in [5.41, 5.74) is 1.81. The van der Waals surface area contributed by atoms with Crippen LogP contribution in [-0.2, 0) is 23.4 Å². The van der Waals surface area contributed by atoms with Gasteiger partial charge in [-0.3, -0.25) is 0 Å². The summed E-state index contributed by atoms with van der Waals surface area (Å²) in [5.74, 6) is 0.941. The highest BCUT2D eigenvalue weighted by Crippen LogP contribution is 2.69. The number of rotatable bonds is 2. The largest absolute Gasteiger partial charge is 0.410 e. The summed E-state index contributed by atoms with van der Waals surface area (Å²) in [4.78, 5) is 0. The van der Waals surface area contributed by atoms with Gasteiger partial charge >= 0.3 is 0 Å². The van der Waals surface area contributed by atoms with E-state index in [2.05, 4.69) is 53.8 Å². The highest BCUT2D eigenvalue weighted by Gasteiger charge is 2.69. The molecule has 2 aliphatic heterocycles. The molecular weight excluding hydrogens is 456 g/mol. The molecule has 35 heavy (non-hydrogen) atoms. The van der Waals surface area contributed by atoms with Gasteiger partial charge in [0.15, 0.2) is 19.9 Å². The predicted molar refractivity (Wildman–Crippen MR) is 138 cm³/mol. The maximum absolute atomic E-state index is 7.36. The summed E-state index contributed by atoms with van der Waals surface area (Å²) in [6, 6.07) is 0. The first-order valence-electron chi connectivity index (χ1n) is 14.3. The topological polar surface area (TPSA) is 46.2 Å². The molecule has 6 aliphatic rings.